The maximum atomic E-state index is 10.2. The lowest BCUT2D eigenvalue weighted by Crippen LogP contribution is -2.33. The third-order valence-corrected chi connectivity index (χ3v) is 2.29. The third-order valence-electron chi connectivity index (χ3n) is 2.29. The second-order valence-corrected chi connectivity index (χ2v) is 3.77. The first-order valence-corrected chi connectivity index (χ1v) is 5.20. The van der Waals surface area contributed by atoms with Crippen molar-refractivity contribution in [2.24, 2.45) is 0 Å². The second-order valence-electron chi connectivity index (χ2n) is 3.77. The van der Waals surface area contributed by atoms with E-state index in [0.29, 0.717) is 13.2 Å². The summed E-state index contributed by atoms with van der Waals surface area (Å²) >= 11 is 0. The van der Waals surface area contributed by atoms with E-state index in [1.54, 1.807) is 6.92 Å². The molecule has 0 aliphatic heterocycles. The highest BCUT2D eigenvalue weighted by Crippen LogP contribution is 2.23. The fraction of sp³-hybridized carbons (Fsp3) is 0.500. The summed E-state index contributed by atoms with van der Waals surface area (Å²) in [4.78, 5) is 0. The van der Waals surface area contributed by atoms with Crippen molar-refractivity contribution in [3.63, 3.8) is 0 Å². The smallest absolute Gasteiger partial charge is 0.119 e. The lowest BCUT2D eigenvalue weighted by molar-refractivity contribution is 0.0589. The van der Waals surface area contributed by atoms with Crippen LogP contribution in [0.25, 0.3) is 0 Å². The van der Waals surface area contributed by atoms with Gasteiger partial charge in [-0.25, -0.2) is 0 Å². The molecule has 3 heteroatoms. The van der Waals surface area contributed by atoms with E-state index < -0.39 is 5.60 Å². The van der Waals surface area contributed by atoms with E-state index in [9.17, 15) is 5.11 Å². The van der Waals surface area contributed by atoms with E-state index in [1.807, 2.05) is 38.2 Å². The van der Waals surface area contributed by atoms with Gasteiger partial charge in [0.2, 0.25) is 0 Å². The summed E-state index contributed by atoms with van der Waals surface area (Å²) in [5.74, 6) is 0.798. The van der Waals surface area contributed by atoms with Crippen LogP contribution in [0.1, 0.15) is 19.4 Å². The van der Waals surface area contributed by atoms with E-state index >= 15 is 0 Å². The number of benzene rings is 1. The van der Waals surface area contributed by atoms with Crippen LogP contribution in [0, 0.1) is 0 Å². The van der Waals surface area contributed by atoms with E-state index in [0.717, 1.165) is 11.3 Å². The minimum atomic E-state index is -0.859. The lowest BCUT2D eigenvalue weighted by Gasteiger charge is -2.23. The van der Waals surface area contributed by atoms with Crippen LogP contribution in [0.3, 0.4) is 0 Å². The van der Waals surface area contributed by atoms with Crippen molar-refractivity contribution in [3.05, 3.63) is 29.8 Å². The van der Waals surface area contributed by atoms with Crippen LogP contribution in [-0.2, 0) is 5.60 Å². The Balaban J connectivity index is 2.88. The topological polar surface area (TPSA) is 41.5 Å². The highest BCUT2D eigenvalue weighted by molar-refractivity contribution is 5.32. The van der Waals surface area contributed by atoms with Crippen molar-refractivity contribution in [2.45, 2.75) is 19.4 Å². The summed E-state index contributed by atoms with van der Waals surface area (Å²) in [6.45, 7) is 4.88. The molecular weight excluding hydrogens is 190 g/mol. The van der Waals surface area contributed by atoms with Gasteiger partial charge in [-0.3, -0.25) is 0 Å². The van der Waals surface area contributed by atoms with Gasteiger partial charge >= 0.3 is 0 Å². The molecule has 2 N–H and O–H groups in total. The molecule has 0 aromatic heterocycles. The van der Waals surface area contributed by atoms with Crippen molar-refractivity contribution >= 4 is 0 Å². The van der Waals surface area contributed by atoms with Crippen LogP contribution in [-0.4, -0.2) is 25.3 Å². The summed E-state index contributed by atoms with van der Waals surface area (Å²) in [6.07, 6.45) is 0. The molecule has 0 heterocycles. The van der Waals surface area contributed by atoms with Crippen LogP contribution in [0.2, 0.25) is 0 Å². The first-order valence-electron chi connectivity index (χ1n) is 5.20. The quantitative estimate of drug-likeness (QED) is 0.772. The van der Waals surface area contributed by atoms with Crippen LogP contribution in [0.4, 0.5) is 0 Å². The molecule has 0 amide bonds. The van der Waals surface area contributed by atoms with Gasteiger partial charge < -0.3 is 15.2 Å². The Hall–Kier alpha value is -1.06. The molecule has 0 saturated carbocycles. The Morgan fingerprint density at radius 2 is 2.20 bits per heavy atom. The summed E-state index contributed by atoms with van der Waals surface area (Å²) < 4.78 is 5.39. The largest absolute Gasteiger partial charge is 0.494 e. The molecule has 0 bridgehead atoms. The number of aliphatic hydroxyl groups is 1. The van der Waals surface area contributed by atoms with Crippen molar-refractivity contribution in [3.8, 4) is 5.75 Å². The number of nitrogens with one attached hydrogen (secondary N) is 1. The monoisotopic (exact) mass is 209 g/mol. The summed E-state index contributed by atoms with van der Waals surface area (Å²) in [7, 11) is 1.82. The third kappa shape index (κ3) is 3.22. The standard InChI is InChI=1S/C12H19NO2/c1-4-15-11-7-5-6-10(8-11)12(2,14)9-13-3/h5-8,13-14H,4,9H2,1-3H3. The van der Waals surface area contributed by atoms with Crippen LogP contribution < -0.4 is 10.1 Å². The number of rotatable bonds is 5. The number of hydrogen-bond donors (Lipinski definition) is 2. The normalized spacial score (nSPS) is 14.7. The van der Waals surface area contributed by atoms with Crippen LogP contribution in [0.15, 0.2) is 24.3 Å². The fourth-order valence-corrected chi connectivity index (χ4v) is 1.53. The first kappa shape index (κ1) is 12.0. The predicted octanol–water partition coefficient (Wildman–Crippen LogP) is 1.51. The molecule has 1 unspecified atom stereocenters. The SMILES string of the molecule is CCOc1cccc(C(C)(O)CNC)c1. The Labute approximate surface area is 91.1 Å². The van der Waals surface area contributed by atoms with Gasteiger partial charge in [-0.05, 0) is 38.6 Å². The molecule has 0 fully saturated rings. The average Bonchev–Trinajstić information content (AvgIpc) is 2.19. The highest BCUT2D eigenvalue weighted by atomic mass is 16.5. The minimum Gasteiger partial charge on any atom is -0.494 e. The summed E-state index contributed by atoms with van der Waals surface area (Å²) in [5, 5.41) is 13.1. The summed E-state index contributed by atoms with van der Waals surface area (Å²) in [5.41, 5.74) is 0.00444. The average molecular weight is 209 g/mol. The Kier molecular flexibility index (Phi) is 4.12. The molecule has 0 spiro atoms. The van der Waals surface area contributed by atoms with E-state index in [4.69, 9.17) is 4.74 Å². The summed E-state index contributed by atoms with van der Waals surface area (Å²) in [6, 6.07) is 7.56. The lowest BCUT2D eigenvalue weighted by atomic mass is 9.96. The predicted molar refractivity (Wildman–Crippen MR) is 61.1 cm³/mol. The van der Waals surface area contributed by atoms with Crippen LogP contribution >= 0.6 is 0 Å². The van der Waals surface area contributed by atoms with Crippen molar-refractivity contribution < 1.29 is 9.84 Å². The first-order chi connectivity index (χ1) is 7.10. The number of likely N-dealkylation sites (N-methyl/N-ethyl adjacent to an activating group) is 1. The molecule has 0 aliphatic carbocycles. The highest BCUT2D eigenvalue weighted by Gasteiger charge is 2.22. The van der Waals surface area contributed by atoms with Gasteiger partial charge in [0.15, 0.2) is 0 Å². The van der Waals surface area contributed by atoms with Crippen molar-refractivity contribution in [1.82, 2.24) is 5.32 Å². The van der Waals surface area contributed by atoms with Crippen molar-refractivity contribution in [2.75, 3.05) is 20.2 Å². The minimum absolute atomic E-state index is 0.516. The maximum absolute atomic E-state index is 10.2. The molecule has 1 rings (SSSR count). The van der Waals surface area contributed by atoms with E-state index in [1.165, 1.54) is 0 Å². The van der Waals surface area contributed by atoms with Gasteiger partial charge in [0.05, 0.1) is 12.2 Å². The Morgan fingerprint density at radius 1 is 1.47 bits per heavy atom. The van der Waals surface area contributed by atoms with Crippen LogP contribution in [0.5, 0.6) is 5.75 Å². The zero-order chi connectivity index (χ0) is 11.3. The van der Waals surface area contributed by atoms with Crippen molar-refractivity contribution in [1.29, 1.82) is 0 Å². The molecule has 0 saturated heterocycles. The second kappa shape index (κ2) is 5.14. The number of hydrogen-bond acceptors (Lipinski definition) is 3. The molecule has 0 radical (unpaired) electrons. The Bertz CT molecular complexity index is 310. The van der Waals surface area contributed by atoms with Gasteiger partial charge in [0.1, 0.15) is 5.75 Å². The molecule has 3 nitrogen and oxygen atoms in total. The molecule has 84 valence electrons. The molecule has 1 atom stereocenters. The zero-order valence-corrected chi connectivity index (χ0v) is 9.58. The van der Waals surface area contributed by atoms with Gasteiger partial charge in [-0.2, -0.15) is 0 Å². The Morgan fingerprint density at radius 3 is 2.80 bits per heavy atom. The van der Waals surface area contributed by atoms with Gasteiger partial charge in [0, 0.05) is 6.54 Å². The molecule has 1 aromatic rings. The van der Waals surface area contributed by atoms with E-state index in [2.05, 4.69) is 5.32 Å². The van der Waals surface area contributed by atoms with E-state index in [-0.39, 0.29) is 0 Å². The van der Waals surface area contributed by atoms with Gasteiger partial charge in [0.25, 0.3) is 0 Å². The molecular formula is C12H19NO2. The molecule has 15 heavy (non-hydrogen) atoms. The zero-order valence-electron chi connectivity index (χ0n) is 9.58. The van der Waals surface area contributed by atoms with Gasteiger partial charge in [-0.1, -0.05) is 12.1 Å². The maximum Gasteiger partial charge on any atom is 0.119 e. The van der Waals surface area contributed by atoms with Gasteiger partial charge in [-0.15, -0.1) is 0 Å². The molecule has 0 aliphatic rings. The number of ether oxygens (including phenoxy) is 1. The molecule has 1 aromatic carbocycles. The fourth-order valence-electron chi connectivity index (χ4n) is 1.53.